The summed E-state index contributed by atoms with van der Waals surface area (Å²) in [7, 11) is 0. The van der Waals surface area contributed by atoms with Gasteiger partial charge in [0.25, 0.3) is 0 Å². The molecular weight excluding hydrogens is 300 g/mol. The van der Waals surface area contributed by atoms with Gasteiger partial charge in [0.2, 0.25) is 0 Å². The number of ether oxygens (including phenoxy) is 2. The summed E-state index contributed by atoms with van der Waals surface area (Å²) >= 11 is 0. The highest BCUT2D eigenvalue weighted by Crippen LogP contribution is 2.03. The Balaban J connectivity index is -0.000000227. The van der Waals surface area contributed by atoms with Crippen molar-refractivity contribution in [2.45, 2.75) is 92.4 Å². The topological polar surface area (TPSA) is 56.5 Å². The van der Waals surface area contributed by atoms with Crippen molar-refractivity contribution in [2.75, 3.05) is 39.6 Å². The van der Waals surface area contributed by atoms with E-state index in [1.165, 1.54) is 38.5 Å². The molecule has 0 radical (unpaired) electrons. The van der Waals surface area contributed by atoms with Crippen molar-refractivity contribution >= 4 is 0 Å². The maximum Gasteiger partial charge on any atom is 0.0965 e. The van der Waals surface area contributed by atoms with Gasteiger partial charge < -0.3 is 15.2 Å². The number of hydrogen-bond donors (Lipinski definition) is 2. The molecule has 0 heterocycles. The summed E-state index contributed by atoms with van der Waals surface area (Å²) in [5, 5.41) is 3.33. The van der Waals surface area contributed by atoms with Crippen molar-refractivity contribution in [3.63, 3.8) is 0 Å². The fraction of sp³-hybridized carbons (Fsp3) is 1.00. The van der Waals surface area contributed by atoms with Crippen LogP contribution in [0.15, 0.2) is 0 Å². The minimum absolute atomic E-state index is 0. The van der Waals surface area contributed by atoms with Gasteiger partial charge in [0.15, 0.2) is 0 Å². The lowest BCUT2D eigenvalue weighted by Crippen LogP contribution is -2.19. The van der Waals surface area contributed by atoms with Crippen LogP contribution in [-0.2, 0) is 9.47 Å². The molecule has 0 aromatic rings. The largest absolute Gasteiger partial charge is 0.381 e. The van der Waals surface area contributed by atoms with E-state index in [0.717, 1.165) is 52.2 Å². The molecule has 0 unspecified atom stereocenters. The second-order valence-corrected chi connectivity index (χ2v) is 5.28. The Morgan fingerprint density at radius 1 is 0.708 bits per heavy atom. The van der Waals surface area contributed by atoms with Gasteiger partial charge in [-0.1, -0.05) is 60.3 Å². The Labute approximate surface area is 156 Å². The normalized spacial score (nSPS) is 9.75. The third-order valence-corrected chi connectivity index (χ3v) is 3.19. The van der Waals surface area contributed by atoms with E-state index in [4.69, 9.17) is 15.2 Å². The molecule has 0 aromatic carbocycles. The van der Waals surface area contributed by atoms with Gasteiger partial charge in [0, 0.05) is 22.7 Å². The van der Waals surface area contributed by atoms with Crippen LogP contribution in [0.3, 0.4) is 0 Å². The average molecular weight is 353 g/mol. The summed E-state index contributed by atoms with van der Waals surface area (Å²) in [5.74, 6) is 0. The minimum atomic E-state index is 0. The van der Waals surface area contributed by atoms with Crippen molar-refractivity contribution in [3.8, 4) is 0 Å². The Morgan fingerprint density at radius 2 is 1.25 bits per heavy atom. The number of nitrogens with two attached hydrogens (primary N) is 1. The van der Waals surface area contributed by atoms with Crippen molar-refractivity contribution < 1.29 is 12.3 Å². The predicted molar refractivity (Wildman–Crippen MR) is 113 cm³/mol. The lowest BCUT2D eigenvalue weighted by molar-refractivity contribution is 0.0940. The molecule has 0 aliphatic heterocycles. The standard InChI is InChI=1S/C16H36N2O2.2C2H6.2H2/c1-2-13-19-14-9-10-15-20-16-18-12-8-6-4-3-5-7-11-17;2*1-2;;/h18H,2-17H2,1H3;2*1-2H3;2*1H. The number of unbranched alkanes of at least 4 members (excludes halogenated alkanes) is 6. The molecule has 3 N–H and O–H groups in total. The zero-order valence-corrected chi connectivity index (χ0v) is 17.5. The molecule has 0 aliphatic carbocycles. The Bertz CT molecular complexity index is 162. The molecule has 154 valence electrons. The molecule has 0 amide bonds. The first kappa shape index (κ1) is 28.6. The zero-order chi connectivity index (χ0) is 18.7. The maximum atomic E-state index is 5.52. The lowest BCUT2D eigenvalue weighted by atomic mass is 10.1. The Kier molecular flexibility index (Phi) is 40.8. The molecule has 0 rings (SSSR count). The lowest BCUT2D eigenvalue weighted by Gasteiger charge is -2.07. The molecule has 0 aromatic heterocycles. The SMILES string of the molecule is CC.CC.CCCOCCCCOCNCCCCCCCCN.[HH].[HH]. The van der Waals surface area contributed by atoms with Gasteiger partial charge in [-0.15, -0.1) is 0 Å². The van der Waals surface area contributed by atoms with E-state index in [1.54, 1.807) is 0 Å². The van der Waals surface area contributed by atoms with Gasteiger partial charge in [-0.25, -0.2) is 0 Å². The van der Waals surface area contributed by atoms with Crippen LogP contribution in [0.4, 0.5) is 0 Å². The summed E-state index contributed by atoms with van der Waals surface area (Å²) in [5.41, 5.74) is 5.46. The first-order valence-corrected chi connectivity index (χ1v) is 10.5. The molecule has 0 spiro atoms. The van der Waals surface area contributed by atoms with E-state index >= 15 is 0 Å². The molecule has 24 heavy (non-hydrogen) atoms. The molecule has 4 heteroatoms. The molecule has 0 atom stereocenters. The summed E-state index contributed by atoms with van der Waals surface area (Å²) in [6.45, 7) is 15.3. The van der Waals surface area contributed by atoms with Crippen LogP contribution in [0.25, 0.3) is 0 Å². The van der Waals surface area contributed by atoms with Crippen molar-refractivity contribution in [1.29, 1.82) is 0 Å². The fourth-order valence-corrected chi connectivity index (χ4v) is 1.97. The van der Waals surface area contributed by atoms with Gasteiger partial charge >= 0.3 is 0 Å². The molecule has 4 nitrogen and oxygen atoms in total. The van der Waals surface area contributed by atoms with E-state index in [0.29, 0.717) is 6.73 Å². The zero-order valence-electron chi connectivity index (χ0n) is 17.5. The summed E-state index contributed by atoms with van der Waals surface area (Å²) in [4.78, 5) is 0. The van der Waals surface area contributed by atoms with Crippen molar-refractivity contribution in [1.82, 2.24) is 5.32 Å². The van der Waals surface area contributed by atoms with Gasteiger partial charge in [-0.3, -0.25) is 5.32 Å². The van der Waals surface area contributed by atoms with Gasteiger partial charge in [-0.2, -0.15) is 0 Å². The predicted octanol–water partition coefficient (Wildman–Crippen LogP) is 5.60. The van der Waals surface area contributed by atoms with E-state index < -0.39 is 0 Å². The summed E-state index contributed by atoms with van der Waals surface area (Å²) in [6, 6.07) is 0. The van der Waals surface area contributed by atoms with Crippen molar-refractivity contribution in [3.05, 3.63) is 0 Å². The van der Waals surface area contributed by atoms with Crippen LogP contribution in [0.2, 0.25) is 0 Å². The number of nitrogens with one attached hydrogen (secondary N) is 1. The summed E-state index contributed by atoms with van der Waals surface area (Å²) in [6.07, 6.45) is 11.0. The Morgan fingerprint density at radius 3 is 1.83 bits per heavy atom. The second kappa shape index (κ2) is 34.2. The summed E-state index contributed by atoms with van der Waals surface area (Å²) < 4.78 is 10.9. The molecule has 0 saturated heterocycles. The number of hydrogen-bond acceptors (Lipinski definition) is 4. The van der Waals surface area contributed by atoms with Crippen LogP contribution >= 0.6 is 0 Å². The van der Waals surface area contributed by atoms with Crippen LogP contribution in [-0.4, -0.2) is 39.6 Å². The highest BCUT2D eigenvalue weighted by molar-refractivity contribution is 4.48. The van der Waals surface area contributed by atoms with E-state index in [1.807, 2.05) is 27.7 Å². The minimum Gasteiger partial charge on any atom is -0.381 e. The molecule has 0 bridgehead atoms. The van der Waals surface area contributed by atoms with E-state index in [9.17, 15) is 0 Å². The van der Waals surface area contributed by atoms with E-state index in [2.05, 4.69) is 12.2 Å². The molecule has 0 saturated carbocycles. The van der Waals surface area contributed by atoms with Gasteiger partial charge in [-0.05, 0) is 45.2 Å². The van der Waals surface area contributed by atoms with Crippen LogP contribution in [0, 0.1) is 0 Å². The smallest absolute Gasteiger partial charge is 0.0965 e. The monoisotopic (exact) mass is 352 g/mol. The average Bonchev–Trinajstić information content (AvgIpc) is 2.65. The third kappa shape index (κ3) is 33.4. The fourth-order valence-electron chi connectivity index (χ4n) is 1.97. The quantitative estimate of drug-likeness (QED) is 0.264. The third-order valence-electron chi connectivity index (χ3n) is 3.19. The number of rotatable bonds is 17. The first-order chi connectivity index (χ1) is 11.9. The second-order valence-electron chi connectivity index (χ2n) is 5.28. The van der Waals surface area contributed by atoms with Crippen LogP contribution in [0.1, 0.15) is 95.3 Å². The van der Waals surface area contributed by atoms with Crippen LogP contribution in [0.5, 0.6) is 0 Å². The Hall–Kier alpha value is -0.160. The van der Waals surface area contributed by atoms with E-state index in [-0.39, 0.29) is 2.85 Å². The first-order valence-electron chi connectivity index (χ1n) is 10.5. The maximum absolute atomic E-state index is 5.52. The molecular formula is C20H52N2O2. The molecule has 0 aliphatic rings. The van der Waals surface area contributed by atoms with Gasteiger partial charge in [0.05, 0.1) is 6.73 Å². The highest BCUT2D eigenvalue weighted by Gasteiger charge is 1.92. The highest BCUT2D eigenvalue weighted by atomic mass is 16.5. The van der Waals surface area contributed by atoms with Crippen LogP contribution < -0.4 is 11.1 Å². The van der Waals surface area contributed by atoms with Crippen molar-refractivity contribution in [2.24, 2.45) is 5.73 Å². The molecule has 0 fully saturated rings. The van der Waals surface area contributed by atoms with Gasteiger partial charge in [0.1, 0.15) is 0 Å².